The van der Waals surface area contributed by atoms with Crippen LogP contribution in [0, 0.1) is 24.7 Å². The van der Waals surface area contributed by atoms with Gasteiger partial charge in [-0.15, -0.1) is 0 Å². The molecule has 1 aromatic rings. The molecule has 2 aliphatic heterocycles. The fourth-order valence-corrected chi connectivity index (χ4v) is 3.45. The number of hydrogen-bond donors (Lipinski definition) is 2. The Balaban J connectivity index is 1.58. The van der Waals surface area contributed by atoms with Crippen LogP contribution in [0.3, 0.4) is 0 Å². The van der Waals surface area contributed by atoms with Crippen LogP contribution in [0.15, 0.2) is 24.3 Å². The third-order valence-corrected chi connectivity index (χ3v) is 5.32. The van der Waals surface area contributed by atoms with Gasteiger partial charge < -0.3 is 15.4 Å². The van der Waals surface area contributed by atoms with Crippen molar-refractivity contribution in [1.82, 2.24) is 10.6 Å². The van der Waals surface area contributed by atoms with Gasteiger partial charge in [0.2, 0.25) is 5.91 Å². The highest BCUT2D eigenvalue weighted by molar-refractivity contribution is 5.78. The lowest BCUT2D eigenvalue weighted by atomic mass is 9.87. The summed E-state index contributed by atoms with van der Waals surface area (Å²) in [5.41, 5.74) is 2.49. The van der Waals surface area contributed by atoms with Crippen molar-refractivity contribution in [2.45, 2.75) is 32.8 Å². The Labute approximate surface area is 139 Å². The summed E-state index contributed by atoms with van der Waals surface area (Å²) in [6.45, 7) is 7.59. The molecule has 3 unspecified atom stereocenters. The third kappa shape index (κ3) is 3.93. The molecule has 2 fully saturated rings. The Morgan fingerprint density at radius 2 is 2.09 bits per heavy atom. The van der Waals surface area contributed by atoms with Crippen molar-refractivity contribution in [2.75, 3.05) is 26.2 Å². The fraction of sp³-hybridized carbons (Fsp3) is 0.632. The SMILES string of the molecule is Cc1ccc(C2OCCCC2CNC(=O)C(C)C2CNC2)cc1. The molecule has 1 aromatic carbocycles. The Morgan fingerprint density at radius 1 is 1.35 bits per heavy atom. The molecule has 0 aromatic heterocycles. The first-order chi connectivity index (χ1) is 11.1. The van der Waals surface area contributed by atoms with E-state index in [2.05, 4.69) is 41.8 Å². The Morgan fingerprint density at radius 3 is 2.74 bits per heavy atom. The van der Waals surface area contributed by atoms with E-state index in [1.54, 1.807) is 0 Å². The minimum absolute atomic E-state index is 0.0959. The molecule has 0 spiro atoms. The van der Waals surface area contributed by atoms with Crippen molar-refractivity contribution in [1.29, 1.82) is 0 Å². The van der Waals surface area contributed by atoms with E-state index in [9.17, 15) is 4.79 Å². The first-order valence-corrected chi connectivity index (χ1v) is 8.81. The van der Waals surface area contributed by atoms with E-state index >= 15 is 0 Å². The number of ether oxygens (including phenoxy) is 1. The standard InChI is InChI=1S/C19H28N2O2/c1-13-5-7-15(8-6-13)18-16(4-3-9-23-18)12-21-19(22)14(2)17-10-20-11-17/h5-8,14,16-18,20H,3-4,9-12H2,1-2H3,(H,21,22). The maximum absolute atomic E-state index is 12.3. The van der Waals surface area contributed by atoms with Gasteiger partial charge in [-0.2, -0.15) is 0 Å². The molecule has 23 heavy (non-hydrogen) atoms. The Hall–Kier alpha value is -1.39. The molecule has 3 atom stereocenters. The normalized spacial score (nSPS) is 26.3. The van der Waals surface area contributed by atoms with E-state index in [4.69, 9.17) is 4.74 Å². The number of hydrogen-bond acceptors (Lipinski definition) is 3. The van der Waals surface area contributed by atoms with E-state index in [1.807, 2.05) is 6.92 Å². The zero-order valence-electron chi connectivity index (χ0n) is 14.2. The van der Waals surface area contributed by atoms with E-state index in [0.29, 0.717) is 18.4 Å². The average molecular weight is 316 g/mol. The number of carbonyl (C=O) groups is 1. The molecular formula is C19H28N2O2. The van der Waals surface area contributed by atoms with Crippen LogP contribution < -0.4 is 10.6 Å². The molecule has 1 amide bonds. The maximum Gasteiger partial charge on any atom is 0.223 e. The number of benzene rings is 1. The molecule has 0 bridgehead atoms. The van der Waals surface area contributed by atoms with Gasteiger partial charge in [-0.3, -0.25) is 4.79 Å². The van der Waals surface area contributed by atoms with Crippen LogP contribution in [0.25, 0.3) is 0 Å². The number of carbonyl (C=O) groups excluding carboxylic acids is 1. The van der Waals surface area contributed by atoms with Crippen molar-refractivity contribution in [3.8, 4) is 0 Å². The lowest BCUT2D eigenvalue weighted by molar-refractivity contribution is -0.127. The molecule has 126 valence electrons. The minimum Gasteiger partial charge on any atom is -0.373 e. The molecule has 0 radical (unpaired) electrons. The van der Waals surface area contributed by atoms with E-state index in [-0.39, 0.29) is 17.9 Å². The highest BCUT2D eigenvalue weighted by Gasteiger charge is 2.31. The van der Waals surface area contributed by atoms with Gasteiger partial charge in [0.15, 0.2) is 0 Å². The number of aryl methyl sites for hydroxylation is 1. The molecule has 4 heteroatoms. The topological polar surface area (TPSA) is 50.4 Å². The quantitative estimate of drug-likeness (QED) is 0.877. The predicted molar refractivity (Wildman–Crippen MR) is 91.1 cm³/mol. The van der Waals surface area contributed by atoms with Crippen molar-refractivity contribution < 1.29 is 9.53 Å². The molecule has 3 rings (SSSR count). The average Bonchev–Trinajstić information content (AvgIpc) is 2.52. The van der Waals surface area contributed by atoms with Gasteiger partial charge in [0, 0.05) is 25.0 Å². The smallest absolute Gasteiger partial charge is 0.223 e. The lowest BCUT2D eigenvalue weighted by Crippen LogP contribution is -2.50. The summed E-state index contributed by atoms with van der Waals surface area (Å²) in [4.78, 5) is 12.3. The van der Waals surface area contributed by atoms with Gasteiger partial charge >= 0.3 is 0 Å². The van der Waals surface area contributed by atoms with Crippen LogP contribution in [-0.2, 0) is 9.53 Å². The van der Waals surface area contributed by atoms with Crippen molar-refractivity contribution in [2.24, 2.45) is 17.8 Å². The minimum atomic E-state index is 0.0959. The molecule has 2 N–H and O–H groups in total. The second-order valence-corrected chi connectivity index (χ2v) is 7.06. The van der Waals surface area contributed by atoms with Crippen molar-refractivity contribution in [3.63, 3.8) is 0 Å². The van der Waals surface area contributed by atoms with Crippen LogP contribution in [0.1, 0.15) is 37.0 Å². The van der Waals surface area contributed by atoms with Crippen LogP contribution in [0.2, 0.25) is 0 Å². The van der Waals surface area contributed by atoms with Crippen LogP contribution >= 0.6 is 0 Å². The fourth-order valence-electron chi connectivity index (χ4n) is 3.45. The molecule has 2 heterocycles. The van der Waals surface area contributed by atoms with E-state index in [1.165, 1.54) is 11.1 Å². The van der Waals surface area contributed by atoms with Gasteiger partial charge in [-0.1, -0.05) is 36.8 Å². The first kappa shape index (κ1) is 16.5. The summed E-state index contributed by atoms with van der Waals surface area (Å²) < 4.78 is 6.03. The summed E-state index contributed by atoms with van der Waals surface area (Å²) in [6, 6.07) is 8.58. The molecule has 4 nitrogen and oxygen atoms in total. The third-order valence-electron chi connectivity index (χ3n) is 5.32. The maximum atomic E-state index is 12.3. The number of amides is 1. The summed E-state index contributed by atoms with van der Waals surface area (Å²) in [7, 11) is 0. The number of nitrogens with one attached hydrogen (secondary N) is 2. The number of rotatable bonds is 5. The zero-order valence-corrected chi connectivity index (χ0v) is 14.2. The van der Waals surface area contributed by atoms with Gasteiger partial charge in [0.25, 0.3) is 0 Å². The summed E-state index contributed by atoms with van der Waals surface area (Å²) >= 11 is 0. The first-order valence-electron chi connectivity index (χ1n) is 8.81. The molecular weight excluding hydrogens is 288 g/mol. The monoisotopic (exact) mass is 316 g/mol. The molecule has 2 aliphatic rings. The largest absolute Gasteiger partial charge is 0.373 e. The van der Waals surface area contributed by atoms with E-state index < -0.39 is 0 Å². The van der Waals surface area contributed by atoms with Gasteiger partial charge in [-0.25, -0.2) is 0 Å². The van der Waals surface area contributed by atoms with Crippen molar-refractivity contribution in [3.05, 3.63) is 35.4 Å². The molecule has 2 saturated heterocycles. The summed E-state index contributed by atoms with van der Waals surface area (Å²) in [5.74, 6) is 1.14. The zero-order chi connectivity index (χ0) is 16.2. The molecule has 0 saturated carbocycles. The Bertz CT molecular complexity index is 525. The summed E-state index contributed by atoms with van der Waals surface area (Å²) in [5, 5.41) is 6.40. The van der Waals surface area contributed by atoms with Crippen LogP contribution in [0.4, 0.5) is 0 Å². The Kier molecular flexibility index (Phi) is 5.34. The van der Waals surface area contributed by atoms with Gasteiger partial charge in [0.05, 0.1) is 6.10 Å². The molecule has 0 aliphatic carbocycles. The second kappa shape index (κ2) is 7.45. The predicted octanol–water partition coefficient (Wildman–Crippen LogP) is 2.43. The van der Waals surface area contributed by atoms with Gasteiger partial charge in [-0.05, 0) is 44.3 Å². The highest BCUT2D eigenvalue weighted by Crippen LogP contribution is 2.33. The van der Waals surface area contributed by atoms with E-state index in [0.717, 1.165) is 32.5 Å². The van der Waals surface area contributed by atoms with Crippen LogP contribution in [-0.4, -0.2) is 32.1 Å². The lowest BCUT2D eigenvalue weighted by Gasteiger charge is -2.34. The van der Waals surface area contributed by atoms with Crippen molar-refractivity contribution >= 4 is 5.91 Å². The summed E-state index contributed by atoms with van der Waals surface area (Å²) in [6.07, 6.45) is 2.29. The highest BCUT2D eigenvalue weighted by atomic mass is 16.5. The van der Waals surface area contributed by atoms with Gasteiger partial charge in [0.1, 0.15) is 0 Å². The second-order valence-electron chi connectivity index (χ2n) is 7.06. The van der Waals surface area contributed by atoms with Crippen LogP contribution in [0.5, 0.6) is 0 Å².